The number of hydrogen-bond donors (Lipinski definition) is 1. The Morgan fingerprint density at radius 1 is 0.567 bits per heavy atom. The third-order valence-corrected chi connectivity index (χ3v) is 12.0. The molecule has 0 unspecified atom stereocenters. The summed E-state index contributed by atoms with van der Waals surface area (Å²) in [5.74, 6) is 0.892. The molecule has 0 fully saturated rings. The van der Waals surface area contributed by atoms with Crippen LogP contribution < -0.4 is 0 Å². The number of phenolic OH excluding ortho intramolecular Hbond substituents is 1. The summed E-state index contributed by atoms with van der Waals surface area (Å²) >= 11 is 0. The van der Waals surface area contributed by atoms with Gasteiger partial charge < -0.3 is 5.11 Å². The van der Waals surface area contributed by atoms with E-state index in [9.17, 15) is 5.11 Å². The van der Waals surface area contributed by atoms with Gasteiger partial charge in [0, 0.05) is 44.1 Å². The fraction of sp³-hybridized carbons (Fsp3) is 0.127. The van der Waals surface area contributed by atoms with Crippen LogP contribution in [-0.2, 0) is 31.9 Å². The largest absolute Gasteiger partial charge is 0.507 e. The minimum atomic E-state index is -0.234. The summed E-state index contributed by atoms with van der Waals surface area (Å²) in [6.07, 6.45) is 1.89. The summed E-state index contributed by atoms with van der Waals surface area (Å²) in [6.45, 7) is 11.2. The molecule has 10 rings (SSSR count). The number of aromatic nitrogens is 3. The van der Waals surface area contributed by atoms with Crippen LogP contribution in [0.3, 0.4) is 0 Å². The number of imidazole rings is 1. The van der Waals surface area contributed by atoms with Crippen molar-refractivity contribution in [2.24, 2.45) is 0 Å². The standard InChI is InChI=1S/C55H44N3O.Pt/c1-54(2,3)41-30-39(29-40(31-41)49-32-38(27-28-56-49)37-25-23-36(24-26-37)35-15-8-6-9-16-35)43-20-14-22-50-52(43)57-53(58(50)42-17-10-7-11-18-42)46-33-45-44-19-12-13-21-47(44)55(4,5)48(45)34-51(46)59;/h6-28,30-34,59H,1-5H3;/q-1;. The SMILES string of the molecule is CC(C)(C)c1cc(-c2cc(-c3ccc(-c4ccccc4)cc3)ccn2)[c-]c(-c2cccc3c2nc(-c2cc4c(cc2O)C(C)(C)c2ccccc2-4)n3-c2ccccc2)c1.[Pt]. The van der Waals surface area contributed by atoms with Crippen molar-refractivity contribution in [1.82, 2.24) is 14.5 Å². The summed E-state index contributed by atoms with van der Waals surface area (Å²) in [5, 5.41) is 11.9. The molecule has 0 radical (unpaired) electrons. The van der Waals surface area contributed by atoms with Gasteiger partial charge in [-0.25, -0.2) is 4.98 Å². The normalized spacial score (nSPS) is 12.8. The molecule has 296 valence electrons. The number of aromatic hydroxyl groups is 1. The van der Waals surface area contributed by atoms with Gasteiger partial charge in [-0.2, -0.15) is 0 Å². The number of pyridine rings is 1. The number of rotatable bonds is 6. The van der Waals surface area contributed by atoms with Crippen molar-refractivity contribution in [2.45, 2.75) is 45.4 Å². The first-order chi connectivity index (χ1) is 28.5. The van der Waals surface area contributed by atoms with Crippen LogP contribution in [0.4, 0.5) is 0 Å². The molecular formula is C55H44N3OPt-. The van der Waals surface area contributed by atoms with Crippen LogP contribution in [0.15, 0.2) is 170 Å². The number of nitrogens with zero attached hydrogens (tertiary/aromatic N) is 3. The van der Waals surface area contributed by atoms with Gasteiger partial charge in [-0.15, -0.1) is 29.3 Å². The summed E-state index contributed by atoms with van der Waals surface area (Å²) < 4.78 is 2.18. The van der Waals surface area contributed by atoms with Crippen molar-refractivity contribution in [1.29, 1.82) is 0 Å². The molecule has 0 atom stereocenters. The molecule has 9 aromatic rings. The summed E-state index contributed by atoms with van der Waals surface area (Å²) in [5.41, 5.74) is 17.2. The maximum Gasteiger partial charge on any atom is 0.148 e. The minimum absolute atomic E-state index is 0. The Bertz CT molecular complexity index is 3050. The van der Waals surface area contributed by atoms with Crippen molar-refractivity contribution in [3.8, 4) is 78.6 Å². The maximum absolute atomic E-state index is 11.9. The first kappa shape index (κ1) is 39.1. The van der Waals surface area contributed by atoms with E-state index in [1.54, 1.807) is 0 Å². The van der Waals surface area contributed by atoms with Gasteiger partial charge in [0.25, 0.3) is 0 Å². The van der Waals surface area contributed by atoms with Crippen LogP contribution in [0.2, 0.25) is 0 Å². The molecule has 0 spiro atoms. The van der Waals surface area contributed by atoms with Crippen LogP contribution in [0.1, 0.15) is 51.3 Å². The smallest absolute Gasteiger partial charge is 0.148 e. The number of hydrogen-bond acceptors (Lipinski definition) is 3. The molecule has 1 aliphatic carbocycles. The topological polar surface area (TPSA) is 50.9 Å². The van der Waals surface area contributed by atoms with E-state index in [0.29, 0.717) is 11.4 Å². The van der Waals surface area contributed by atoms with Crippen molar-refractivity contribution >= 4 is 11.0 Å². The second-order valence-corrected chi connectivity index (χ2v) is 17.2. The van der Waals surface area contributed by atoms with Crippen LogP contribution in [0.5, 0.6) is 5.75 Å². The minimum Gasteiger partial charge on any atom is -0.507 e. The van der Waals surface area contributed by atoms with E-state index in [1.165, 1.54) is 27.8 Å². The fourth-order valence-electron chi connectivity index (χ4n) is 8.78. The molecule has 2 aromatic heterocycles. The molecule has 0 aliphatic heterocycles. The van der Waals surface area contributed by atoms with Crippen LogP contribution in [0.25, 0.3) is 83.9 Å². The second-order valence-electron chi connectivity index (χ2n) is 17.2. The van der Waals surface area contributed by atoms with Crippen molar-refractivity contribution in [3.05, 3.63) is 193 Å². The Labute approximate surface area is 366 Å². The van der Waals surface area contributed by atoms with Crippen LogP contribution in [0, 0.1) is 6.07 Å². The molecule has 1 N–H and O–H groups in total. The number of para-hydroxylation sites is 2. The Hall–Kier alpha value is -6.35. The van der Waals surface area contributed by atoms with E-state index in [2.05, 4.69) is 179 Å². The predicted molar refractivity (Wildman–Crippen MR) is 243 cm³/mol. The zero-order chi connectivity index (χ0) is 40.5. The molecule has 7 aromatic carbocycles. The molecule has 0 amide bonds. The van der Waals surface area contributed by atoms with E-state index < -0.39 is 0 Å². The Morgan fingerprint density at radius 2 is 1.20 bits per heavy atom. The van der Waals surface area contributed by atoms with Crippen molar-refractivity contribution in [3.63, 3.8) is 0 Å². The molecule has 0 bridgehead atoms. The number of phenols is 1. The molecule has 1 aliphatic rings. The summed E-state index contributed by atoms with van der Waals surface area (Å²) in [7, 11) is 0. The van der Waals surface area contributed by atoms with Crippen LogP contribution in [-0.4, -0.2) is 19.6 Å². The van der Waals surface area contributed by atoms with Gasteiger partial charge in [0.1, 0.15) is 11.6 Å². The van der Waals surface area contributed by atoms with Crippen molar-refractivity contribution < 1.29 is 26.2 Å². The van der Waals surface area contributed by atoms with Gasteiger partial charge in [0.15, 0.2) is 0 Å². The van der Waals surface area contributed by atoms with Gasteiger partial charge in [-0.05, 0) is 86.3 Å². The average molecular weight is 958 g/mol. The van der Waals surface area contributed by atoms with E-state index in [0.717, 1.165) is 61.4 Å². The predicted octanol–water partition coefficient (Wildman–Crippen LogP) is 13.9. The third-order valence-electron chi connectivity index (χ3n) is 12.0. The second kappa shape index (κ2) is 15.0. The van der Waals surface area contributed by atoms with Gasteiger partial charge in [0.2, 0.25) is 0 Å². The molecule has 4 nitrogen and oxygen atoms in total. The first-order valence-corrected chi connectivity index (χ1v) is 20.3. The van der Waals surface area contributed by atoms with Gasteiger partial charge >= 0.3 is 0 Å². The summed E-state index contributed by atoms with van der Waals surface area (Å²) in [4.78, 5) is 10.4. The Morgan fingerprint density at radius 3 is 1.93 bits per heavy atom. The Kier molecular flexibility index (Phi) is 9.80. The van der Waals surface area contributed by atoms with Crippen LogP contribution >= 0.6 is 0 Å². The fourth-order valence-corrected chi connectivity index (χ4v) is 8.78. The molecule has 0 saturated carbocycles. The number of benzene rings is 7. The van der Waals surface area contributed by atoms with Gasteiger partial charge in [0.05, 0.1) is 16.6 Å². The zero-order valence-corrected chi connectivity index (χ0v) is 36.5. The Balaban J connectivity index is 0.00000462. The maximum atomic E-state index is 11.9. The van der Waals surface area contributed by atoms with E-state index in [4.69, 9.17) is 9.97 Å². The molecule has 5 heteroatoms. The monoisotopic (exact) mass is 957 g/mol. The zero-order valence-electron chi connectivity index (χ0n) is 34.3. The van der Waals surface area contributed by atoms with Gasteiger partial charge in [-0.1, -0.05) is 161 Å². The molecule has 0 saturated heterocycles. The van der Waals surface area contributed by atoms with Gasteiger partial charge in [-0.3, -0.25) is 9.55 Å². The summed E-state index contributed by atoms with van der Waals surface area (Å²) in [6, 6.07) is 61.0. The average Bonchev–Trinajstić information content (AvgIpc) is 3.75. The molecular weight excluding hydrogens is 914 g/mol. The first-order valence-electron chi connectivity index (χ1n) is 20.3. The molecule has 60 heavy (non-hydrogen) atoms. The quantitative estimate of drug-likeness (QED) is 0.169. The third kappa shape index (κ3) is 6.70. The molecule has 2 heterocycles. The van der Waals surface area contributed by atoms with E-state index in [1.807, 2.05) is 36.5 Å². The number of fused-ring (bicyclic) bond motifs is 4. The van der Waals surface area contributed by atoms with E-state index in [-0.39, 0.29) is 37.6 Å². The van der Waals surface area contributed by atoms with Crippen molar-refractivity contribution in [2.75, 3.05) is 0 Å². The van der Waals surface area contributed by atoms with E-state index >= 15 is 0 Å².